The number of carbonyl (C=O) groups is 3. The fraction of sp³-hybridized carbons (Fsp3) is 0.154. The third kappa shape index (κ3) is 7.21. The molecule has 0 saturated heterocycles. The zero-order valence-electron chi connectivity index (χ0n) is 20.2. The highest BCUT2D eigenvalue weighted by Crippen LogP contribution is 2.29. The molecule has 2 N–H and O–H groups in total. The molecule has 0 radical (unpaired) electrons. The summed E-state index contributed by atoms with van der Waals surface area (Å²) in [5.74, 6) is -0.301. The number of benzene rings is 3. The minimum Gasteiger partial charge on any atom is -0.493 e. The van der Waals surface area contributed by atoms with Gasteiger partial charge in [-0.3, -0.25) is 9.59 Å². The van der Waals surface area contributed by atoms with E-state index in [-0.39, 0.29) is 28.6 Å². The standard InChI is InChI=1S/C26H24ClN3O7/c1-34-20-11-9-17(13-23(20)36-3)25(32)28-15-24(31)30-29-14-16-8-10-21(22(12-16)35-2)37-26(33)18-6-4-5-7-19(18)27/h4-14H,15H2,1-3H3,(H,28,32)(H,30,31)/b29-14+. The molecule has 0 aromatic heterocycles. The van der Waals surface area contributed by atoms with Crippen LogP contribution in [0.25, 0.3) is 0 Å². The van der Waals surface area contributed by atoms with Crippen molar-refractivity contribution in [3.8, 4) is 23.0 Å². The van der Waals surface area contributed by atoms with Crippen LogP contribution >= 0.6 is 11.6 Å². The molecule has 37 heavy (non-hydrogen) atoms. The summed E-state index contributed by atoms with van der Waals surface area (Å²) in [6.07, 6.45) is 1.37. The second-order valence-electron chi connectivity index (χ2n) is 7.33. The molecular weight excluding hydrogens is 502 g/mol. The van der Waals surface area contributed by atoms with Crippen molar-refractivity contribution in [3.05, 3.63) is 82.4 Å². The molecule has 0 bridgehead atoms. The monoisotopic (exact) mass is 525 g/mol. The number of nitrogens with one attached hydrogen (secondary N) is 2. The quantitative estimate of drug-likeness (QED) is 0.180. The lowest BCUT2D eigenvalue weighted by molar-refractivity contribution is -0.120. The van der Waals surface area contributed by atoms with E-state index in [0.717, 1.165) is 0 Å². The minimum absolute atomic E-state index is 0.187. The number of ether oxygens (including phenoxy) is 4. The van der Waals surface area contributed by atoms with E-state index in [9.17, 15) is 14.4 Å². The molecule has 0 fully saturated rings. The van der Waals surface area contributed by atoms with Gasteiger partial charge < -0.3 is 24.3 Å². The van der Waals surface area contributed by atoms with Crippen LogP contribution in [0.15, 0.2) is 65.8 Å². The first-order chi connectivity index (χ1) is 17.9. The summed E-state index contributed by atoms with van der Waals surface area (Å²) in [5.41, 5.74) is 3.40. The van der Waals surface area contributed by atoms with Crippen LogP contribution in [0.5, 0.6) is 23.0 Å². The topological polar surface area (TPSA) is 125 Å². The number of rotatable bonds is 10. The molecule has 0 aliphatic heterocycles. The molecule has 0 heterocycles. The Morgan fingerprint density at radius 2 is 1.54 bits per heavy atom. The van der Waals surface area contributed by atoms with Gasteiger partial charge in [0.15, 0.2) is 23.0 Å². The molecule has 11 heteroatoms. The second-order valence-corrected chi connectivity index (χ2v) is 7.73. The molecule has 0 unspecified atom stereocenters. The van der Waals surface area contributed by atoms with Gasteiger partial charge in [0.05, 0.1) is 44.7 Å². The maximum absolute atomic E-state index is 12.4. The Hall–Kier alpha value is -4.57. The van der Waals surface area contributed by atoms with E-state index in [2.05, 4.69) is 15.8 Å². The molecule has 0 aliphatic rings. The summed E-state index contributed by atoms with van der Waals surface area (Å²) in [4.78, 5) is 36.8. The Labute approximate surface area is 218 Å². The predicted molar refractivity (Wildman–Crippen MR) is 137 cm³/mol. The Balaban J connectivity index is 1.55. The van der Waals surface area contributed by atoms with Crippen molar-refractivity contribution in [2.75, 3.05) is 27.9 Å². The number of hydrogen-bond acceptors (Lipinski definition) is 8. The van der Waals surface area contributed by atoms with E-state index in [0.29, 0.717) is 22.6 Å². The van der Waals surface area contributed by atoms with E-state index in [1.165, 1.54) is 39.7 Å². The summed E-state index contributed by atoms with van der Waals surface area (Å²) >= 11 is 6.04. The van der Waals surface area contributed by atoms with Crippen molar-refractivity contribution in [1.29, 1.82) is 0 Å². The van der Waals surface area contributed by atoms with Gasteiger partial charge in [0.2, 0.25) is 0 Å². The first-order valence-electron chi connectivity index (χ1n) is 10.8. The highest BCUT2D eigenvalue weighted by atomic mass is 35.5. The highest BCUT2D eigenvalue weighted by molar-refractivity contribution is 6.33. The third-order valence-corrected chi connectivity index (χ3v) is 5.27. The maximum atomic E-state index is 12.4. The summed E-state index contributed by atoms with van der Waals surface area (Å²) in [5, 5.41) is 6.64. The maximum Gasteiger partial charge on any atom is 0.345 e. The molecule has 0 atom stereocenters. The Kier molecular flexibility index (Phi) is 9.45. The molecule has 3 rings (SSSR count). The van der Waals surface area contributed by atoms with Crippen LogP contribution < -0.4 is 29.7 Å². The third-order valence-electron chi connectivity index (χ3n) is 4.94. The van der Waals surface area contributed by atoms with Crippen LogP contribution in [0.2, 0.25) is 5.02 Å². The van der Waals surface area contributed by atoms with Gasteiger partial charge in [-0.15, -0.1) is 0 Å². The number of halogens is 1. The smallest absolute Gasteiger partial charge is 0.345 e. The predicted octanol–water partition coefficient (Wildman–Crippen LogP) is 3.47. The van der Waals surface area contributed by atoms with Gasteiger partial charge in [0.1, 0.15) is 0 Å². The number of amides is 2. The molecule has 0 saturated carbocycles. The summed E-state index contributed by atoms with van der Waals surface area (Å²) < 4.78 is 21.0. The van der Waals surface area contributed by atoms with Gasteiger partial charge >= 0.3 is 5.97 Å². The average molecular weight is 526 g/mol. The first-order valence-corrected chi connectivity index (χ1v) is 11.2. The number of nitrogens with zero attached hydrogens (tertiary/aromatic N) is 1. The van der Waals surface area contributed by atoms with E-state index in [1.807, 2.05) is 0 Å². The largest absolute Gasteiger partial charge is 0.493 e. The lowest BCUT2D eigenvalue weighted by Crippen LogP contribution is -2.34. The molecule has 0 spiro atoms. The Morgan fingerprint density at radius 1 is 0.865 bits per heavy atom. The summed E-state index contributed by atoms with van der Waals surface area (Å²) in [6, 6.07) is 15.9. The lowest BCUT2D eigenvalue weighted by atomic mass is 10.2. The van der Waals surface area contributed by atoms with Crippen molar-refractivity contribution in [3.63, 3.8) is 0 Å². The number of methoxy groups -OCH3 is 3. The average Bonchev–Trinajstić information content (AvgIpc) is 2.92. The second kappa shape index (κ2) is 12.9. The molecule has 192 valence electrons. The molecule has 10 nitrogen and oxygen atoms in total. The number of carbonyl (C=O) groups excluding carboxylic acids is 3. The first kappa shape index (κ1) is 27.0. The molecule has 2 amide bonds. The van der Waals surface area contributed by atoms with Gasteiger partial charge in [0, 0.05) is 5.56 Å². The molecule has 3 aromatic carbocycles. The van der Waals surface area contributed by atoms with Crippen molar-refractivity contribution in [2.45, 2.75) is 0 Å². The van der Waals surface area contributed by atoms with E-state index < -0.39 is 17.8 Å². The molecule has 3 aromatic rings. The van der Waals surface area contributed by atoms with Crippen LogP contribution in [0, 0.1) is 0 Å². The van der Waals surface area contributed by atoms with Crippen LogP contribution in [0.4, 0.5) is 0 Å². The van der Waals surface area contributed by atoms with E-state index in [1.54, 1.807) is 48.5 Å². The summed E-state index contributed by atoms with van der Waals surface area (Å²) in [6.45, 7) is -0.301. The van der Waals surface area contributed by atoms with Crippen LogP contribution in [0.1, 0.15) is 26.3 Å². The number of hydrogen-bond donors (Lipinski definition) is 2. The van der Waals surface area contributed by atoms with Crippen LogP contribution in [0.3, 0.4) is 0 Å². The zero-order valence-corrected chi connectivity index (χ0v) is 21.0. The van der Waals surface area contributed by atoms with Crippen molar-refractivity contribution in [1.82, 2.24) is 10.7 Å². The van der Waals surface area contributed by atoms with Crippen LogP contribution in [-0.4, -0.2) is 51.9 Å². The SMILES string of the molecule is COc1ccc(C(=O)NCC(=O)N/N=C/c2ccc(OC(=O)c3ccccc3Cl)c(OC)c2)cc1OC. The van der Waals surface area contributed by atoms with Gasteiger partial charge in [-0.1, -0.05) is 23.7 Å². The Bertz CT molecular complexity index is 1330. The lowest BCUT2D eigenvalue weighted by Gasteiger charge is -2.10. The highest BCUT2D eigenvalue weighted by Gasteiger charge is 2.15. The minimum atomic E-state index is -0.632. The van der Waals surface area contributed by atoms with Gasteiger partial charge in [-0.2, -0.15) is 5.10 Å². The van der Waals surface area contributed by atoms with E-state index in [4.69, 9.17) is 30.5 Å². The fourth-order valence-corrected chi connectivity index (χ4v) is 3.30. The fourth-order valence-electron chi connectivity index (χ4n) is 3.09. The van der Waals surface area contributed by atoms with Crippen LogP contribution in [-0.2, 0) is 4.79 Å². The Morgan fingerprint density at radius 3 is 2.24 bits per heavy atom. The van der Waals surface area contributed by atoms with Crippen molar-refractivity contribution >= 4 is 35.6 Å². The molecule has 0 aliphatic carbocycles. The summed E-state index contributed by atoms with van der Waals surface area (Å²) in [7, 11) is 4.37. The van der Waals surface area contributed by atoms with Crippen molar-refractivity contribution in [2.24, 2.45) is 5.10 Å². The van der Waals surface area contributed by atoms with Gasteiger partial charge in [-0.05, 0) is 54.1 Å². The zero-order chi connectivity index (χ0) is 26.8. The van der Waals surface area contributed by atoms with Crippen molar-refractivity contribution < 1.29 is 33.3 Å². The van der Waals surface area contributed by atoms with Gasteiger partial charge in [-0.25, -0.2) is 10.2 Å². The number of esters is 1. The van der Waals surface area contributed by atoms with Gasteiger partial charge in [0.25, 0.3) is 11.8 Å². The normalized spacial score (nSPS) is 10.5. The van der Waals surface area contributed by atoms with E-state index >= 15 is 0 Å². The number of hydrazone groups is 1. The molecular formula is C26H24ClN3O7.